The summed E-state index contributed by atoms with van der Waals surface area (Å²) in [5.74, 6) is 1.67. The summed E-state index contributed by atoms with van der Waals surface area (Å²) in [6.45, 7) is 35.8. The first kappa shape index (κ1) is 47.5. The fraction of sp³-hybridized carbons (Fsp3) is 0.612. The number of phenolic OH excluding ortho intramolecular Hbond substituents is 1. The third-order valence-corrected chi connectivity index (χ3v) is 10.6. The van der Waals surface area contributed by atoms with Crippen LogP contribution in [-0.2, 0) is 27.3 Å². The normalized spacial score (nSPS) is 13.7. The number of benzene rings is 3. The molecule has 0 bridgehead atoms. The number of hydrogen-bond donors (Lipinski definition) is 2. The van der Waals surface area contributed by atoms with Crippen LogP contribution in [0.3, 0.4) is 0 Å². The van der Waals surface area contributed by atoms with Crippen LogP contribution in [0.25, 0.3) is 0 Å². The zero-order valence-corrected chi connectivity index (χ0v) is 38.1. The van der Waals surface area contributed by atoms with Gasteiger partial charge in [0.05, 0.1) is 24.2 Å². The number of aliphatic imine (C=N–C) groups is 1. The van der Waals surface area contributed by atoms with Crippen LogP contribution in [0.1, 0.15) is 182 Å². The fourth-order valence-corrected chi connectivity index (χ4v) is 7.14. The van der Waals surface area contributed by atoms with Crippen molar-refractivity contribution >= 4 is 11.9 Å². The van der Waals surface area contributed by atoms with E-state index in [0.717, 1.165) is 59.4 Å². The van der Waals surface area contributed by atoms with Gasteiger partial charge in [-0.05, 0) is 88.3 Å². The lowest BCUT2D eigenvalue weighted by Gasteiger charge is -2.41. The van der Waals surface area contributed by atoms with E-state index in [1.54, 1.807) is 0 Å². The monoisotopic (exact) mass is 787 g/mol. The highest BCUT2D eigenvalue weighted by molar-refractivity contribution is 5.84. The van der Waals surface area contributed by atoms with Crippen LogP contribution >= 0.6 is 0 Å². The van der Waals surface area contributed by atoms with Crippen LogP contribution in [0.4, 0.5) is 5.69 Å². The molecule has 0 spiro atoms. The first-order valence-electron chi connectivity index (χ1n) is 21.0. The molecule has 3 aromatic rings. The largest absolute Gasteiger partial charge is 0.507 e. The Hall–Kier alpha value is -3.91. The van der Waals surface area contributed by atoms with E-state index in [0.29, 0.717) is 30.8 Å². The predicted molar refractivity (Wildman–Crippen MR) is 237 cm³/mol. The summed E-state index contributed by atoms with van der Waals surface area (Å²) >= 11 is 0. The molecule has 3 aromatic carbocycles. The van der Waals surface area contributed by atoms with Crippen molar-refractivity contribution in [3.63, 3.8) is 0 Å². The first-order chi connectivity index (χ1) is 26.2. The lowest BCUT2D eigenvalue weighted by Crippen LogP contribution is -2.42. The fourth-order valence-electron chi connectivity index (χ4n) is 7.14. The Morgan fingerprint density at radius 1 is 0.702 bits per heavy atom. The lowest BCUT2D eigenvalue weighted by molar-refractivity contribution is -0.384. The molecule has 0 aliphatic heterocycles. The van der Waals surface area contributed by atoms with E-state index < -0.39 is 16.6 Å². The smallest absolute Gasteiger partial charge is 0.270 e. The average Bonchev–Trinajstić information content (AvgIpc) is 3.08. The molecule has 1 unspecified atom stereocenters. The van der Waals surface area contributed by atoms with Gasteiger partial charge in [-0.3, -0.25) is 15.1 Å². The third kappa shape index (κ3) is 11.6. The molecule has 57 heavy (non-hydrogen) atoms. The maximum atomic E-state index is 14.2. The van der Waals surface area contributed by atoms with Gasteiger partial charge < -0.3 is 19.7 Å². The lowest BCUT2D eigenvalue weighted by atomic mass is 9.69. The quantitative estimate of drug-likeness (QED) is 0.0647. The van der Waals surface area contributed by atoms with E-state index in [-0.39, 0.29) is 44.6 Å². The van der Waals surface area contributed by atoms with Crippen molar-refractivity contribution in [2.24, 2.45) is 10.9 Å². The number of non-ortho nitro benzene ring substituents is 1. The van der Waals surface area contributed by atoms with Gasteiger partial charge in [-0.25, -0.2) is 0 Å². The molecule has 2 N–H and O–H groups in total. The van der Waals surface area contributed by atoms with Crippen molar-refractivity contribution in [3.8, 4) is 17.2 Å². The second-order valence-corrected chi connectivity index (χ2v) is 20.4. The molecule has 0 radical (unpaired) electrons. The Morgan fingerprint density at radius 2 is 1.09 bits per heavy atom. The number of nitro benzene ring substituents is 1. The molecule has 0 aliphatic carbocycles. The second kappa shape index (κ2) is 18.3. The number of aromatic hydroxyl groups is 1. The van der Waals surface area contributed by atoms with E-state index in [1.165, 1.54) is 24.4 Å². The van der Waals surface area contributed by atoms with E-state index >= 15 is 0 Å². The van der Waals surface area contributed by atoms with Gasteiger partial charge in [-0.2, -0.15) is 0 Å². The Bertz CT molecular complexity index is 1700. The van der Waals surface area contributed by atoms with Gasteiger partial charge in [0.1, 0.15) is 22.8 Å². The summed E-state index contributed by atoms with van der Waals surface area (Å²) in [7, 11) is 0. The summed E-state index contributed by atoms with van der Waals surface area (Å²) in [5.41, 5.74) is 2.27. The van der Waals surface area contributed by atoms with Crippen molar-refractivity contribution in [1.82, 2.24) is 0 Å². The summed E-state index contributed by atoms with van der Waals surface area (Å²) < 4.78 is 13.4. The van der Waals surface area contributed by atoms with Gasteiger partial charge in [-0.1, -0.05) is 124 Å². The molecule has 3 rings (SSSR count). The SMILES string of the molecule is CCCCOc1c(C(C)(C)C)cc(C(O)(c2cc(C(C)(C)C)c(OCCCC)c(C(C)(C)C)c2)C(CC(C)C)N=Cc2cc([N+](=O)[O-])ccc2O)cc1C(C)(C)C. The first-order valence-corrected chi connectivity index (χ1v) is 21.0. The molecule has 8 heteroatoms. The van der Waals surface area contributed by atoms with Crippen molar-refractivity contribution in [1.29, 1.82) is 0 Å². The number of rotatable bonds is 16. The number of nitrogens with zero attached hydrogens (tertiary/aromatic N) is 2. The standard InChI is InChI=1S/C49H74N2O6/c1-17-19-23-56-43-37(45(5,6)7)27-34(28-38(43)46(8,9)10)49(53,42(25-32(3)4)50-31-33-26-36(51(54)55)21-22-41(33)52)35-29-39(47(11,12)13)44(57-24-20-18-2)40(30-35)48(14,15)16/h21-22,26-32,42,52-53H,17-20,23-25H2,1-16H3. The number of unbranched alkanes of at least 4 members (excludes halogenated alkanes) is 2. The van der Waals surface area contributed by atoms with Crippen LogP contribution in [0.5, 0.6) is 17.2 Å². The zero-order chi connectivity index (χ0) is 43.3. The van der Waals surface area contributed by atoms with Crippen molar-refractivity contribution in [2.45, 2.75) is 176 Å². The highest BCUT2D eigenvalue weighted by Crippen LogP contribution is 2.49. The number of ether oxygens (including phenoxy) is 2. The number of nitro groups is 1. The van der Waals surface area contributed by atoms with Crippen LogP contribution < -0.4 is 9.47 Å². The molecule has 0 saturated carbocycles. The number of phenols is 1. The Balaban J connectivity index is 2.68. The molecular formula is C49H74N2O6. The summed E-state index contributed by atoms with van der Waals surface area (Å²) in [4.78, 5) is 16.4. The van der Waals surface area contributed by atoms with Gasteiger partial charge in [0.15, 0.2) is 0 Å². The minimum atomic E-state index is -1.72. The summed E-state index contributed by atoms with van der Waals surface area (Å²) in [5, 5.41) is 36.8. The second-order valence-electron chi connectivity index (χ2n) is 20.4. The van der Waals surface area contributed by atoms with Gasteiger partial charge >= 0.3 is 0 Å². The van der Waals surface area contributed by atoms with E-state index in [4.69, 9.17) is 14.5 Å². The predicted octanol–water partition coefficient (Wildman–Crippen LogP) is 12.6. The summed E-state index contributed by atoms with van der Waals surface area (Å²) in [6.07, 6.45) is 5.81. The summed E-state index contributed by atoms with van der Waals surface area (Å²) in [6, 6.07) is 11.6. The van der Waals surface area contributed by atoms with Crippen LogP contribution in [0, 0.1) is 16.0 Å². The van der Waals surface area contributed by atoms with E-state index in [9.17, 15) is 20.3 Å². The highest BCUT2D eigenvalue weighted by atomic mass is 16.6. The maximum Gasteiger partial charge on any atom is 0.270 e. The van der Waals surface area contributed by atoms with Gasteiger partial charge in [0, 0.05) is 46.2 Å². The highest BCUT2D eigenvalue weighted by Gasteiger charge is 2.45. The van der Waals surface area contributed by atoms with Gasteiger partial charge in [-0.15, -0.1) is 0 Å². The van der Waals surface area contributed by atoms with Gasteiger partial charge in [0.25, 0.3) is 5.69 Å². The van der Waals surface area contributed by atoms with Crippen LogP contribution in [0.2, 0.25) is 0 Å². The van der Waals surface area contributed by atoms with E-state index in [2.05, 4.69) is 135 Å². The zero-order valence-electron chi connectivity index (χ0n) is 38.1. The molecule has 0 aromatic heterocycles. The molecule has 0 heterocycles. The van der Waals surface area contributed by atoms with E-state index in [1.807, 2.05) is 0 Å². The van der Waals surface area contributed by atoms with Crippen molar-refractivity contribution in [2.75, 3.05) is 13.2 Å². The topological polar surface area (TPSA) is 114 Å². The number of hydrogen-bond acceptors (Lipinski definition) is 7. The molecule has 0 amide bonds. The van der Waals surface area contributed by atoms with Crippen molar-refractivity contribution in [3.05, 3.63) is 91.5 Å². The molecule has 0 saturated heterocycles. The minimum Gasteiger partial charge on any atom is -0.507 e. The molecule has 1 atom stereocenters. The van der Waals surface area contributed by atoms with Crippen molar-refractivity contribution < 1.29 is 24.6 Å². The molecule has 0 fully saturated rings. The van der Waals surface area contributed by atoms with Crippen LogP contribution in [-0.4, -0.2) is 40.6 Å². The molecule has 316 valence electrons. The molecular weight excluding hydrogens is 713 g/mol. The Kier molecular flexibility index (Phi) is 15.3. The Morgan fingerprint density at radius 3 is 1.40 bits per heavy atom. The molecule has 0 aliphatic rings. The third-order valence-electron chi connectivity index (χ3n) is 10.6. The molecule has 8 nitrogen and oxygen atoms in total. The average molecular weight is 787 g/mol. The van der Waals surface area contributed by atoms with Crippen LogP contribution in [0.15, 0.2) is 47.5 Å². The maximum absolute atomic E-state index is 14.2. The minimum absolute atomic E-state index is 0.0963. The Labute approximate surface area is 344 Å². The van der Waals surface area contributed by atoms with Gasteiger partial charge in [0.2, 0.25) is 0 Å². The number of aliphatic hydroxyl groups is 1.